The van der Waals surface area contributed by atoms with E-state index in [-0.39, 0.29) is 11.7 Å². The lowest BCUT2D eigenvalue weighted by atomic mass is 10.1. The van der Waals surface area contributed by atoms with Crippen molar-refractivity contribution in [2.75, 3.05) is 38.2 Å². The van der Waals surface area contributed by atoms with Crippen LogP contribution in [0.15, 0.2) is 42.5 Å². The molecule has 4 nitrogen and oxygen atoms in total. The van der Waals surface area contributed by atoms with Crippen LogP contribution in [0, 0.1) is 5.82 Å². The number of ether oxygens (including phenoxy) is 1. The average Bonchev–Trinajstić information content (AvgIpc) is 2.62. The number of hydrogen-bond acceptors (Lipinski definition) is 3. The largest absolute Gasteiger partial charge is 0.495 e. The van der Waals surface area contributed by atoms with Crippen molar-refractivity contribution in [1.82, 2.24) is 4.90 Å². The third-order valence-electron chi connectivity index (χ3n) is 4.16. The minimum atomic E-state index is -0.340. The summed E-state index contributed by atoms with van der Waals surface area (Å²) in [6, 6.07) is 11.3. The van der Waals surface area contributed by atoms with Crippen LogP contribution in [-0.2, 0) is 0 Å². The lowest BCUT2D eigenvalue weighted by Gasteiger charge is -2.36. The summed E-state index contributed by atoms with van der Waals surface area (Å²) in [4.78, 5) is 16.4. The first kappa shape index (κ1) is 16.6. The molecule has 2 aromatic carbocycles. The molecule has 0 unspecified atom stereocenters. The summed E-state index contributed by atoms with van der Waals surface area (Å²) in [7, 11) is 1.58. The van der Waals surface area contributed by atoms with Gasteiger partial charge in [-0.15, -0.1) is 0 Å². The summed E-state index contributed by atoms with van der Waals surface area (Å²) >= 11 is 6.17. The van der Waals surface area contributed by atoms with Gasteiger partial charge in [0.05, 0.1) is 12.1 Å². The predicted molar refractivity (Wildman–Crippen MR) is 92.5 cm³/mol. The maximum absolute atomic E-state index is 13.0. The number of benzene rings is 2. The van der Waals surface area contributed by atoms with E-state index in [1.165, 1.54) is 24.3 Å². The van der Waals surface area contributed by atoms with Crippen LogP contribution >= 0.6 is 11.6 Å². The summed E-state index contributed by atoms with van der Waals surface area (Å²) < 4.78 is 18.1. The second-order valence-corrected chi connectivity index (χ2v) is 6.01. The van der Waals surface area contributed by atoms with Crippen LogP contribution in [0.1, 0.15) is 10.4 Å². The molecule has 0 radical (unpaired) electrons. The number of amides is 1. The zero-order chi connectivity index (χ0) is 17.1. The number of carbonyl (C=O) groups excluding carboxylic acids is 1. The second-order valence-electron chi connectivity index (χ2n) is 5.60. The molecule has 0 saturated carbocycles. The first-order valence-electron chi connectivity index (χ1n) is 7.72. The molecule has 0 spiro atoms. The molecular weight excluding hydrogens is 331 g/mol. The number of anilines is 1. The van der Waals surface area contributed by atoms with Gasteiger partial charge in [0.1, 0.15) is 11.6 Å². The average molecular weight is 349 g/mol. The Kier molecular flexibility index (Phi) is 4.90. The SMILES string of the molecule is COc1ccc(N2CCN(C(=O)c3ccc(F)cc3)CC2)cc1Cl. The molecule has 1 fully saturated rings. The summed E-state index contributed by atoms with van der Waals surface area (Å²) in [5.74, 6) is 0.237. The van der Waals surface area contributed by atoms with Crippen LogP contribution in [0.5, 0.6) is 5.75 Å². The number of hydrogen-bond donors (Lipinski definition) is 0. The van der Waals surface area contributed by atoms with Gasteiger partial charge in [0, 0.05) is 37.4 Å². The Balaban J connectivity index is 1.64. The molecule has 0 bridgehead atoms. The highest BCUT2D eigenvalue weighted by Crippen LogP contribution is 2.29. The number of carbonyl (C=O) groups is 1. The van der Waals surface area contributed by atoms with Crippen molar-refractivity contribution in [3.63, 3.8) is 0 Å². The van der Waals surface area contributed by atoms with Crippen molar-refractivity contribution in [3.8, 4) is 5.75 Å². The van der Waals surface area contributed by atoms with Crippen molar-refractivity contribution < 1.29 is 13.9 Å². The highest BCUT2D eigenvalue weighted by atomic mass is 35.5. The monoisotopic (exact) mass is 348 g/mol. The molecular formula is C18H18ClFN2O2. The predicted octanol–water partition coefficient (Wildman–Crippen LogP) is 3.45. The molecule has 0 aromatic heterocycles. The van der Waals surface area contributed by atoms with Crippen LogP contribution in [0.25, 0.3) is 0 Å². The Morgan fingerprint density at radius 2 is 1.75 bits per heavy atom. The van der Waals surface area contributed by atoms with E-state index in [0.29, 0.717) is 29.4 Å². The quantitative estimate of drug-likeness (QED) is 0.851. The molecule has 0 N–H and O–H groups in total. The van der Waals surface area contributed by atoms with E-state index in [1.807, 2.05) is 18.2 Å². The molecule has 126 valence electrons. The minimum Gasteiger partial charge on any atom is -0.495 e. The standard InChI is InChI=1S/C18H18ClFN2O2/c1-24-17-7-6-15(12-16(17)19)21-8-10-22(11-9-21)18(23)13-2-4-14(20)5-3-13/h2-7,12H,8-11H2,1H3. The van der Waals surface area contributed by atoms with Crippen molar-refractivity contribution in [2.24, 2.45) is 0 Å². The van der Waals surface area contributed by atoms with Crippen molar-refractivity contribution in [3.05, 3.63) is 58.9 Å². The van der Waals surface area contributed by atoms with Gasteiger partial charge in [-0.25, -0.2) is 4.39 Å². The van der Waals surface area contributed by atoms with E-state index in [0.717, 1.165) is 18.8 Å². The minimum absolute atomic E-state index is 0.0672. The normalized spacial score (nSPS) is 14.6. The number of nitrogens with zero attached hydrogens (tertiary/aromatic N) is 2. The van der Waals surface area contributed by atoms with E-state index in [1.54, 1.807) is 12.0 Å². The Hall–Kier alpha value is -2.27. The smallest absolute Gasteiger partial charge is 0.253 e. The molecule has 2 aromatic rings. The molecule has 3 rings (SSSR count). The van der Waals surface area contributed by atoms with Gasteiger partial charge in [0.15, 0.2) is 0 Å². The van der Waals surface area contributed by atoms with Crippen molar-refractivity contribution >= 4 is 23.2 Å². The fraction of sp³-hybridized carbons (Fsp3) is 0.278. The molecule has 0 atom stereocenters. The molecule has 1 aliphatic rings. The van der Waals surface area contributed by atoms with Gasteiger partial charge in [0.25, 0.3) is 5.91 Å². The highest BCUT2D eigenvalue weighted by molar-refractivity contribution is 6.32. The third kappa shape index (κ3) is 3.46. The van der Waals surface area contributed by atoms with Gasteiger partial charge in [-0.2, -0.15) is 0 Å². The molecule has 1 heterocycles. The summed E-state index contributed by atoms with van der Waals surface area (Å²) in [5.41, 5.74) is 1.52. The lowest BCUT2D eigenvalue weighted by Crippen LogP contribution is -2.48. The fourth-order valence-electron chi connectivity index (χ4n) is 2.79. The van der Waals surface area contributed by atoms with Crippen LogP contribution in [0.2, 0.25) is 5.02 Å². The van der Waals surface area contributed by atoms with Crippen LogP contribution in [-0.4, -0.2) is 44.1 Å². The van der Waals surface area contributed by atoms with Gasteiger partial charge < -0.3 is 14.5 Å². The van der Waals surface area contributed by atoms with Gasteiger partial charge >= 0.3 is 0 Å². The number of methoxy groups -OCH3 is 1. The van der Waals surface area contributed by atoms with Gasteiger partial charge in [-0.3, -0.25) is 4.79 Å². The molecule has 24 heavy (non-hydrogen) atoms. The zero-order valence-corrected chi connectivity index (χ0v) is 14.1. The first-order valence-corrected chi connectivity index (χ1v) is 8.09. The fourth-order valence-corrected chi connectivity index (χ4v) is 3.05. The number of rotatable bonds is 3. The third-order valence-corrected chi connectivity index (χ3v) is 4.45. The summed E-state index contributed by atoms with van der Waals surface area (Å²) in [6.07, 6.45) is 0. The van der Waals surface area contributed by atoms with Crippen LogP contribution < -0.4 is 9.64 Å². The maximum atomic E-state index is 13.0. The maximum Gasteiger partial charge on any atom is 0.253 e. The van der Waals surface area contributed by atoms with Crippen molar-refractivity contribution in [2.45, 2.75) is 0 Å². The lowest BCUT2D eigenvalue weighted by molar-refractivity contribution is 0.0746. The Labute approximate surface area is 145 Å². The second kappa shape index (κ2) is 7.09. The summed E-state index contributed by atoms with van der Waals surface area (Å²) in [5, 5.41) is 0.569. The molecule has 0 aliphatic carbocycles. The number of halogens is 2. The number of piperazine rings is 1. The van der Waals surface area contributed by atoms with Crippen molar-refractivity contribution in [1.29, 1.82) is 0 Å². The van der Waals surface area contributed by atoms with E-state index in [4.69, 9.17) is 16.3 Å². The first-order chi connectivity index (χ1) is 11.6. The van der Waals surface area contributed by atoms with Gasteiger partial charge in [-0.1, -0.05) is 11.6 Å². The zero-order valence-electron chi connectivity index (χ0n) is 13.3. The van der Waals surface area contributed by atoms with E-state index in [9.17, 15) is 9.18 Å². The molecule has 1 saturated heterocycles. The van der Waals surface area contributed by atoms with E-state index < -0.39 is 0 Å². The van der Waals surface area contributed by atoms with Crippen LogP contribution in [0.4, 0.5) is 10.1 Å². The van der Waals surface area contributed by atoms with Gasteiger partial charge in [0.2, 0.25) is 0 Å². The molecule has 1 aliphatic heterocycles. The summed E-state index contributed by atoms with van der Waals surface area (Å²) in [6.45, 7) is 2.66. The van der Waals surface area contributed by atoms with Gasteiger partial charge in [-0.05, 0) is 42.5 Å². The Bertz CT molecular complexity index is 728. The Morgan fingerprint density at radius 3 is 2.33 bits per heavy atom. The van der Waals surface area contributed by atoms with E-state index in [2.05, 4.69) is 4.90 Å². The van der Waals surface area contributed by atoms with E-state index >= 15 is 0 Å². The van der Waals surface area contributed by atoms with Crippen LogP contribution in [0.3, 0.4) is 0 Å². The molecule has 1 amide bonds. The topological polar surface area (TPSA) is 32.8 Å². The Morgan fingerprint density at radius 1 is 1.08 bits per heavy atom. The highest BCUT2D eigenvalue weighted by Gasteiger charge is 2.22. The molecule has 6 heteroatoms.